The Hall–Kier alpha value is -3.23. The van der Waals surface area contributed by atoms with Gasteiger partial charge in [0.05, 0.1) is 23.1 Å². The molecule has 10 heteroatoms. The number of aromatic amines is 1. The van der Waals surface area contributed by atoms with E-state index in [4.69, 9.17) is 23.2 Å². The van der Waals surface area contributed by atoms with Crippen molar-refractivity contribution in [3.05, 3.63) is 103 Å². The van der Waals surface area contributed by atoms with Crippen LogP contribution in [0, 0.1) is 0 Å². The monoisotopic (exact) mass is 493 g/mol. The number of aromatic nitrogens is 2. The minimum Gasteiger partial charge on any atom is -0.348 e. The third-order valence-corrected chi connectivity index (χ3v) is 5.73. The lowest BCUT2D eigenvalue weighted by molar-refractivity contribution is -0.138. The molecule has 0 bridgehead atoms. The molecule has 0 aliphatic carbocycles. The maximum Gasteiger partial charge on any atom is 0.416 e. The molecule has 0 saturated carbocycles. The van der Waals surface area contributed by atoms with Crippen LogP contribution in [0.2, 0.25) is 10.0 Å². The Bertz CT molecular complexity index is 1410. The first-order chi connectivity index (χ1) is 15.6. The average Bonchev–Trinajstić information content (AvgIpc) is 3.07. The molecule has 170 valence electrons. The number of hydrogen-bond donors (Lipinski definition) is 2. The number of rotatable bonds is 5. The van der Waals surface area contributed by atoms with Crippen molar-refractivity contribution in [3.8, 4) is 0 Å². The number of benzene rings is 3. The van der Waals surface area contributed by atoms with Crippen molar-refractivity contribution in [3.63, 3.8) is 0 Å². The zero-order valence-corrected chi connectivity index (χ0v) is 18.4. The number of carbonyl (C=O) groups is 1. The number of nitrogens with one attached hydrogen (secondary N) is 2. The molecule has 4 aromatic rings. The highest BCUT2D eigenvalue weighted by atomic mass is 35.5. The van der Waals surface area contributed by atoms with Gasteiger partial charge >= 0.3 is 11.9 Å². The molecule has 1 aromatic heterocycles. The number of fused-ring (bicyclic) bond motifs is 1. The molecule has 4 rings (SSSR count). The van der Waals surface area contributed by atoms with Crippen LogP contribution in [-0.4, -0.2) is 15.5 Å². The van der Waals surface area contributed by atoms with Gasteiger partial charge in [0.2, 0.25) is 0 Å². The van der Waals surface area contributed by atoms with Gasteiger partial charge in [0.1, 0.15) is 0 Å². The van der Waals surface area contributed by atoms with E-state index >= 15 is 0 Å². The Morgan fingerprint density at radius 2 is 1.76 bits per heavy atom. The number of nitrogens with zero attached hydrogens (tertiary/aromatic N) is 1. The summed E-state index contributed by atoms with van der Waals surface area (Å²) in [5, 5.41) is 3.39. The average molecular weight is 494 g/mol. The molecule has 0 aliphatic heterocycles. The van der Waals surface area contributed by atoms with Crippen molar-refractivity contribution in [1.82, 2.24) is 14.9 Å². The first-order valence-electron chi connectivity index (χ1n) is 9.73. The van der Waals surface area contributed by atoms with Crippen LogP contribution in [0.1, 0.15) is 27.0 Å². The standard InChI is InChI=1S/C23H16Cl2F3N3O2/c24-16-7-5-15(18(25)10-16)12-31-20-8-6-13(9-19(20)30-22(31)33)21(32)29-11-14-3-1-2-4-17(14)23(26,27)28/h1-10H,11-12H2,(H,29,32)(H,30,33). The number of hydrogen-bond acceptors (Lipinski definition) is 2. The van der Waals surface area contributed by atoms with E-state index in [0.717, 1.165) is 6.07 Å². The molecular weight excluding hydrogens is 478 g/mol. The Kier molecular flexibility index (Phi) is 6.23. The van der Waals surface area contributed by atoms with Gasteiger partial charge in [-0.15, -0.1) is 0 Å². The van der Waals surface area contributed by atoms with Crippen LogP contribution in [0.25, 0.3) is 11.0 Å². The Morgan fingerprint density at radius 1 is 1.00 bits per heavy atom. The number of carbonyl (C=O) groups excluding carboxylic acids is 1. The normalized spacial score (nSPS) is 11.7. The zero-order chi connectivity index (χ0) is 23.8. The predicted molar refractivity (Wildman–Crippen MR) is 121 cm³/mol. The molecule has 3 aromatic carbocycles. The molecule has 1 heterocycles. The fraction of sp³-hybridized carbons (Fsp3) is 0.130. The maximum atomic E-state index is 13.1. The molecular formula is C23H16Cl2F3N3O2. The highest BCUT2D eigenvalue weighted by Gasteiger charge is 2.32. The summed E-state index contributed by atoms with van der Waals surface area (Å²) in [4.78, 5) is 27.7. The second kappa shape index (κ2) is 8.96. The minimum atomic E-state index is -4.52. The SMILES string of the molecule is O=C(NCc1ccccc1C(F)(F)F)c1ccc2c(c1)[nH]c(=O)n2Cc1ccc(Cl)cc1Cl. The summed E-state index contributed by atoms with van der Waals surface area (Å²) < 4.78 is 40.9. The molecule has 1 amide bonds. The summed E-state index contributed by atoms with van der Waals surface area (Å²) in [6, 6.07) is 14.6. The van der Waals surface area contributed by atoms with Gasteiger partial charge in [-0.25, -0.2) is 4.79 Å². The van der Waals surface area contributed by atoms with E-state index in [9.17, 15) is 22.8 Å². The molecule has 0 spiro atoms. The summed E-state index contributed by atoms with van der Waals surface area (Å²) in [6.45, 7) is -0.103. The second-order valence-electron chi connectivity index (χ2n) is 7.32. The highest BCUT2D eigenvalue weighted by Crippen LogP contribution is 2.31. The molecule has 0 unspecified atom stereocenters. The lowest BCUT2D eigenvalue weighted by Crippen LogP contribution is -2.24. The predicted octanol–water partition coefficient (Wildman–Crippen LogP) is 5.63. The number of amides is 1. The fourth-order valence-corrected chi connectivity index (χ4v) is 3.98. The highest BCUT2D eigenvalue weighted by molar-refractivity contribution is 6.35. The summed E-state index contributed by atoms with van der Waals surface area (Å²) in [7, 11) is 0. The molecule has 0 saturated heterocycles. The number of imidazole rings is 1. The largest absolute Gasteiger partial charge is 0.416 e. The molecule has 0 fully saturated rings. The van der Waals surface area contributed by atoms with Gasteiger partial charge in [0.25, 0.3) is 5.91 Å². The fourth-order valence-electron chi connectivity index (χ4n) is 3.51. The smallest absolute Gasteiger partial charge is 0.348 e. The Morgan fingerprint density at radius 3 is 2.48 bits per heavy atom. The van der Waals surface area contributed by atoms with Crippen LogP contribution in [0.4, 0.5) is 13.2 Å². The summed E-state index contributed by atoms with van der Waals surface area (Å²) >= 11 is 12.1. The van der Waals surface area contributed by atoms with Crippen LogP contribution in [0.3, 0.4) is 0 Å². The van der Waals surface area contributed by atoms with Crippen LogP contribution in [0.15, 0.2) is 65.5 Å². The van der Waals surface area contributed by atoms with E-state index in [-0.39, 0.29) is 24.2 Å². The Labute approximate surface area is 195 Å². The maximum absolute atomic E-state index is 13.1. The van der Waals surface area contributed by atoms with Gasteiger partial charge < -0.3 is 10.3 Å². The van der Waals surface area contributed by atoms with Crippen LogP contribution < -0.4 is 11.0 Å². The van der Waals surface area contributed by atoms with Gasteiger partial charge in [0.15, 0.2) is 0 Å². The lowest BCUT2D eigenvalue weighted by atomic mass is 10.1. The third-order valence-electron chi connectivity index (χ3n) is 5.14. The summed E-state index contributed by atoms with van der Waals surface area (Å²) in [5.74, 6) is -0.566. The molecule has 0 aliphatic rings. The first-order valence-corrected chi connectivity index (χ1v) is 10.5. The van der Waals surface area contributed by atoms with Gasteiger partial charge in [-0.05, 0) is 47.5 Å². The van der Waals surface area contributed by atoms with E-state index in [1.54, 1.807) is 24.3 Å². The topological polar surface area (TPSA) is 66.9 Å². The molecule has 2 N–H and O–H groups in total. The van der Waals surface area contributed by atoms with Gasteiger partial charge in [0, 0.05) is 22.2 Å². The van der Waals surface area contributed by atoms with Gasteiger partial charge in [-0.2, -0.15) is 13.2 Å². The van der Waals surface area contributed by atoms with Crippen LogP contribution >= 0.6 is 23.2 Å². The van der Waals surface area contributed by atoms with Crippen molar-refractivity contribution in [1.29, 1.82) is 0 Å². The zero-order valence-electron chi connectivity index (χ0n) is 16.8. The van der Waals surface area contributed by atoms with Crippen molar-refractivity contribution in [2.24, 2.45) is 0 Å². The minimum absolute atomic E-state index is 0.0427. The summed E-state index contributed by atoms with van der Waals surface area (Å²) in [6.07, 6.45) is -4.52. The molecule has 0 radical (unpaired) electrons. The van der Waals surface area contributed by atoms with Gasteiger partial charge in [-0.1, -0.05) is 47.5 Å². The van der Waals surface area contributed by atoms with E-state index in [1.807, 2.05) is 0 Å². The van der Waals surface area contributed by atoms with E-state index in [0.29, 0.717) is 26.6 Å². The molecule has 0 atom stereocenters. The number of halogens is 5. The quantitative estimate of drug-likeness (QED) is 0.378. The van der Waals surface area contributed by atoms with Crippen LogP contribution in [-0.2, 0) is 19.3 Å². The van der Waals surface area contributed by atoms with E-state index < -0.39 is 23.3 Å². The molecule has 33 heavy (non-hydrogen) atoms. The molecule has 5 nitrogen and oxygen atoms in total. The Balaban J connectivity index is 1.56. The van der Waals surface area contributed by atoms with Crippen molar-refractivity contribution >= 4 is 40.1 Å². The summed E-state index contributed by atoms with van der Waals surface area (Å²) in [5.41, 5.74) is 0.604. The third kappa shape index (κ3) is 4.91. The van der Waals surface area contributed by atoms with E-state index in [2.05, 4.69) is 10.3 Å². The number of alkyl halides is 3. The lowest BCUT2D eigenvalue weighted by Gasteiger charge is -2.13. The first kappa shape index (κ1) is 22.9. The van der Waals surface area contributed by atoms with Crippen molar-refractivity contribution in [2.75, 3.05) is 0 Å². The number of H-pyrrole nitrogens is 1. The second-order valence-corrected chi connectivity index (χ2v) is 8.17. The van der Waals surface area contributed by atoms with Crippen LogP contribution in [0.5, 0.6) is 0 Å². The van der Waals surface area contributed by atoms with Crippen molar-refractivity contribution < 1.29 is 18.0 Å². The van der Waals surface area contributed by atoms with Gasteiger partial charge in [-0.3, -0.25) is 9.36 Å². The van der Waals surface area contributed by atoms with Crippen molar-refractivity contribution in [2.45, 2.75) is 19.3 Å². The van der Waals surface area contributed by atoms with E-state index in [1.165, 1.54) is 34.9 Å².